The molecule has 0 aliphatic carbocycles. The van der Waals surface area contributed by atoms with Gasteiger partial charge in [0.25, 0.3) is 5.91 Å². The third-order valence-electron chi connectivity index (χ3n) is 3.11. The molecule has 0 bridgehead atoms. The number of amides is 1. The van der Waals surface area contributed by atoms with Crippen LogP contribution in [-0.4, -0.2) is 40.3 Å². The Labute approximate surface area is 137 Å². The van der Waals surface area contributed by atoms with Crippen molar-refractivity contribution >= 4 is 23.9 Å². The fraction of sp³-hybridized carbons (Fsp3) is 0.188. The first-order chi connectivity index (χ1) is 11.5. The molecule has 1 atom stereocenters. The van der Waals surface area contributed by atoms with Crippen molar-refractivity contribution in [2.75, 3.05) is 13.2 Å². The Balaban J connectivity index is 1.97. The molecule has 3 N–H and O–H groups in total. The molecule has 0 aliphatic rings. The van der Waals surface area contributed by atoms with Crippen LogP contribution in [-0.2, 0) is 0 Å². The zero-order chi connectivity index (χ0) is 17.5. The van der Waals surface area contributed by atoms with E-state index in [2.05, 4.69) is 5.32 Å². The van der Waals surface area contributed by atoms with Crippen molar-refractivity contribution < 1.29 is 24.3 Å². The van der Waals surface area contributed by atoms with Gasteiger partial charge in [0.1, 0.15) is 10.7 Å². The summed E-state index contributed by atoms with van der Waals surface area (Å²) in [5.41, 5.74) is 1.19. The first kappa shape index (κ1) is 17.4. The molecule has 0 spiro atoms. The van der Waals surface area contributed by atoms with Crippen LogP contribution in [0.1, 0.15) is 21.7 Å². The van der Waals surface area contributed by atoms with Gasteiger partial charge in [-0.2, -0.15) is 0 Å². The van der Waals surface area contributed by atoms with Gasteiger partial charge in [0.05, 0.1) is 18.8 Å². The zero-order valence-corrected chi connectivity index (χ0v) is 12.6. The van der Waals surface area contributed by atoms with E-state index in [9.17, 15) is 20.0 Å². The van der Waals surface area contributed by atoms with Gasteiger partial charge in [-0.15, -0.1) is 0 Å². The van der Waals surface area contributed by atoms with E-state index < -0.39 is 17.6 Å². The normalized spacial score (nSPS) is 12.2. The fourth-order valence-corrected chi connectivity index (χ4v) is 1.83. The Morgan fingerprint density at radius 2 is 1.96 bits per heavy atom. The number of aliphatic hydroxyl groups is 2. The Morgan fingerprint density at radius 1 is 1.25 bits per heavy atom. The second kappa shape index (κ2) is 8.04. The first-order valence-corrected chi connectivity index (χ1v) is 7.09. The summed E-state index contributed by atoms with van der Waals surface area (Å²) < 4.78 is 5.00. The van der Waals surface area contributed by atoms with E-state index in [0.29, 0.717) is 11.3 Å². The van der Waals surface area contributed by atoms with Crippen LogP contribution < -0.4 is 5.32 Å². The molecule has 1 heterocycles. The minimum Gasteiger partial charge on any atom is -0.401 e. The van der Waals surface area contributed by atoms with E-state index in [-0.39, 0.29) is 18.3 Å². The predicted octanol–water partition coefficient (Wildman–Crippen LogP) is 1.44. The number of hydrogen-bond acceptors (Lipinski definition) is 6. The molecule has 24 heavy (non-hydrogen) atoms. The highest BCUT2D eigenvalue weighted by Gasteiger charge is 2.10. The average Bonchev–Trinajstić information content (AvgIpc) is 3.07. The number of nitrogens with zero attached hydrogens (tertiary/aromatic N) is 1. The number of rotatable bonds is 7. The number of hydrogen-bond donors (Lipinski definition) is 3. The maximum atomic E-state index is 11.8. The highest BCUT2D eigenvalue weighted by atomic mass is 16.6. The standard InChI is InChI=1S/C16H16N2O6/c19-10-13(20)9-17-16(21)12-4-1-11(2-5-12)3-6-14-7-8-15(24-14)18(22)23/h1-8,13,19-20H,9-10H2,(H,17,21). The van der Waals surface area contributed by atoms with E-state index in [0.717, 1.165) is 5.56 Å². The van der Waals surface area contributed by atoms with Crippen LogP contribution in [0.25, 0.3) is 12.2 Å². The third-order valence-corrected chi connectivity index (χ3v) is 3.11. The lowest BCUT2D eigenvalue weighted by atomic mass is 10.1. The molecule has 1 aromatic heterocycles. The van der Waals surface area contributed by atoms with Crippen LogP contribution in [0.4, 0.5) is 5.88 Å². The maximum Gasteiger partial charge on any atom is 0.433 e. The molecule has 126 valence electrons. The van der Waals surface area contributed by atoms with Gasteiger partial charge >= 0.3 is 5.88 Å². The van der Waals surface area contributed by atoms with Gasteiger partial charge in [0, 0.05) is 12.1 Å². The van der Waals surface area contributed by atoms with Crippen LogP contribution in [0, 0.1) is 10.1 Å². The molecule has 1 amide bonds. The number of furan rings is 1. The van der Waals surface area contributed by atoms with Gasteiger partial charge in [0.15, 0.2) is 0 Å². The summed E-state index contributed by atoms with van der Waals surface area (Å²) in [6.07, 6.45) is 2.29. The molecule has 8 nitrogen and oxygen atoms in total. The topological polar surface area (TPSA) is 126 Å². The van der Waals surface area contributed by atoms with Crippen molar-refractivity contribution in [3.8, 4) is 0 Å². The summed E-state index contributed by atoms with van der Waals surface area (Å²) >= 11 is 0. The minimum atomic E-state index is -0.992. The van der Waals surface area contributed by atoms with Crippen LogP contribution in [0.15, 0.2) is 40.8 Å². The summed E-state index contributed by atoms with van der Waals surface area (Å²) in [5.74, 6) is -0.340. The Hall–Kier alpha value is -2.97. The third kappa shape index (κ3) is 4.77. The second-order valence-corrected chi connectivity index (χ2v) is 4.93. The van der Waals surface area contributed by atoms with E-state index in [1.165, 1.54) is 12.1 Å². The lowest BCUT2D eigenvalue weighted by Gasteiger charge is -2.09. The molecule has 0 saturated carbocycles. The lowest BCUT2D eigenvalue weighted by molar-refractivity contribution is -0.402. The molecule has 0 fully saturated rings. The number of nitrogens with one attached hydrogen (secondary N) is 1. The number of carbonyl (C=O) groups is 1. The Morgan fingerprint density at radius 3 is 2.54 bits per heavy atom. The van der Waals surface area contributed by atoms with Crippen LogP contribution in [0.5, 0.6) is 0 Å². The molecular formula is C16H16N2O6. The summed E-state index contributed by atoms with van der Waals surface area (Å²) in [4.78, 5) is 21.7. The second-order valence-electron chi connectivity index (χ2n) is 4.93. The van der Waals surface area contributed by atoms with Crippen molar-refractivity contribution in [1.29, 1.82) is 0 Å². The van der Waals surface area contributed by atoms with Crippen molar-refractivity contribution in [2.24, 2.45) is 0 Å². The van der Waals surface area contributed by atoms with Crippen molar-refractivity contribution in [3.63, 3.8) is 0 Å². The molecular weight excluding hydrogens is 316 g/mol. The van der Waals surface area contributed by atoms with Gasteiger partial charge in [-0.25, -0.2) is 0 Å². The Bertz CT molecular complexity index is 735. The molecule has 2 aromatic rings. The zero-order valence-electron chi connectivity index (χ0n) is 12.6. The van der Waals surface area contributed by atoms with Gasteiger partial charge in [-0.05, 0) is 29.8 Å². The quantitative estimate of drug-likeness (QED) is 0.520. The van der Waals surface area contributed by atoms with E-state index in [4.69, 9.17) is 9.52 Å². The van der Waals surface area contributed by atoms with Gasteiger partial charge < -0.3 is 19.9 Å². The molecule has 0 aliphatic heterocycles. The maximum absolute atomic E-state index is 11.8. The summed E-state index contributed by atoms with van der Waals surface area (Å²) in [6, 6.07) is 9.36. The molecule has 2 rings (SSSR count). The molecule has 1 unspecified atom stereocenters. The smallest absolute Gasteiger partial charge is 0.401 e. The summed E-state index contributed by atoms with van der Waals surface area (Å²) in [6.45, 7) is -0.455. The van der Waals surface area contributed by atoms with E-state index >= 15 is 0 Å². The van der Waals surface area contributed by atoms with Crippen LogP contribution in [0.3, 0.4) is 0 Å². The number of benzene rings is 1. The fourth-order valence-electron chi connectivity index (χ4n) is 1.83. The molecule has 8 heteroatoms. The largest absolute Gasteiger partial charge is 0.433 e. The van der Waals surface area contributed by atoms with Gasteiger partial charge in [-0.3, -0.25) is 14.9 Å². The minimum absolute atomic E-state index is 0.0335. The van der Waals surface area contributed by atoms with Crippen molar-refractivity contribution in [1.82, 2.24) is 5.32 Å². The highest BCUT2D eigenvalue weighted by molar-refractivity contribution is 5.94. The predicted molar refractivity (Wildman–Crippen MR) is 86.2 cm³/mol. The van der Waals surface area contributed by atoms with Crippen LogP contribution >= 0.6 is 0 Å². The van der Waals surface area contributed by atoms with Gasteiger partial charge in [-0.1, -0.05) is 18.2 Å². The lowest BCUT2D eigenvalue weighted by Crippen LogP contribution is -2.33. The molecule has 0 saturated heterocycles. The first-order valence-electron chi connectivity index (χ1n) is 7.09. The monoisotopic (exact) mass is 332 g/mol. The Kier molecular flexibility index (Phi) is 5.83. The van der Waals surface area contributed by atoms with E-state index in [1.54, 1.807) is 36.4 Å². The SMILES string of the molecule is O=C(NCC(O)CO)c1ccc(C=Cc2ccc([N+](=O)[O-])o2)cc1. The van der Waals surface area contributed by atoms with Crippen molar-refractivity contribution in [3.05, 3.63) is 63.4 Å². The number of aliphatic hydroxyl groups excluding tert-OH is 2. The average molecular weight is 332 g/mol. The summed E-state index contributed by atoms with van der Waals surface area (Å²) in [7, 11) is 0. The van der Waals surface area contributed by atoms with Gasteiger partial charge in [0.2, 0.25) is 0 Å². The highest BCUT2D eigenvalue weighted by Crippen LogP contribution is 2.18. The molecule has 1 aromatic carbocycles. The van der Waals surface area contributed by atoms with Crippen LogP contribution in [0.2, 0.25) is 0 Å². The number of nitro groups is 1. The molecule has 0 radical (unpaired) electrons. The number of carbonyl (C=O) groups excluding carboxylic acids is 1. The van der Waals surface area contributed by atoms with E-state index in [1.807, 2.05) is 0 Å². The summed E-state index contributed by atoms with van der Waals surface area (Å²) in [5, 5.41) is 30.9. The van der Waals surface area contributed by atoms with Crippen molar-refractivity contribution in [2.45, 2.75) is 6.10 Å².